The summed E-state index contributed by atoms with van der Waals surface area (Å²) in [6.45, 7) is 5.27. The lowest BCUT2D eigenvalue weighted by molar-refractivity contribution is 0.0694. The number of nitrogens with one attached hydrogen (secondary N) is 2. The molecular weight excluding hydrogens is 280 g/mol. The third-order valence-corrected chi connectivity index (χ3v) is 4.00. The zero-order valence-corrected chi connectivity index (χ0v) is 12.6. The lowest BCUT2D eigenvalue weighted by atomic mass is 10.1. The highest BCUT2D eigenvalue weighted by atomic mass is 32.2. The van der Waals surface area contributed by atoms with E-state index in [-0.39, 0.29) is 17.3 Å². The maximum Gasteiger partial charge on any atom is 0.251 e. The van der Waals surface area contributed by atoms with Crippen molar-refractivity contribution in [3.8, 4) is 0 Å². The molecule has 0 bridgehead atoms. The van der Waals surface area contributed by atoms with E-state index in [0.717, 1.165) is 0 Å². The fraction of sp³-hybridized carbons (Fsp3) is 0.462. The minimum Gasteiger partial charge on any atom is -0.389 e. The van der Waals surface area contributed by atoms with Crippen molar-refractivity contribution in [1.82, 2.24) is 10.0 Å². The molecule has 6 nitrogen and oxygen atoms in total. The Morgan fingerprint density at radius 1 is 1.25 bits per heavy atom. The van der Waals surface area contributed by atoms with Crippen molar-refractivity contribution >= 4 is 15.9 Å². The maximum atomic E-state index is 11.8. The summed E-state index contributed by atoms with van der Waals surface area (Å²) in [5.74, 6) is -0.362. The Morgan fingerprint density at radius 3 is 2.25 bits per heavy atom. The molecule has 1 rings (SSSR count). The number of carbonyl (C=O) groups is 1. The number of sulfonamides is 1. The Hall–Kier alpha value is -1.44. The molecule has 0 saturated carbocycles. The molecule has 0 saturated heterocycles. The predicted molar refractivity (Wildman–Crippen MR) is 75.9 cm³/mol. The van der Waals surface area contributed by atoms with Crippen molar-refractivity contribution in [2.45, 2.75) is 31.3 Å². The van der Waals surface area contributed by atoms with Gasteiger partial charge in [0.25, 0.3) is 5.91 Å². The van der Waals surface area contributed by atoms with E-state index in [1.165, 1.54) is 24.3 Å². The number of carbonyl (C=O) groups excluding carboxylic acids is 1. The summed E-state index contributed by atoms with van der Waals surface area (Å²) >= 11 is 0. The van der Waals surface area contributed by atoms with Gasteiger partial charge < -0.3 is 10.4 Å². The fourth-order valence-corrected chi connectivity index (χ4v) is 2.50. The molecule has 0 fully saturated rings. The first-order valence-electron chi connectivity index (χ1n) is 6.26. The highest BCUT2D eigenvalue weighted by Gasteiger charge is 2.16. The van der Waals surface area contributed by atoms with Crippen LogP contribution in [0.3, 0.4) is 0 Å². The summed E-state index contributed by atoms with van der Waals surface area (Å²) in [6, 6.07) is 5.61. The summed E-state index contributed by atoms with van der Waals surface area (Å²) in [5.41, 5.74) is -0.658. The van der Waals surface area contributed by atoms with Crippen molar-refractivity contribution in [2.75, 3.05) is 13.1 Å². The predicted octanol–water partition coefficient (Wildman–Crippen LogP) is 0.485. The van der Waals surface area contributed by atoms with E-state index in [1.54, 1.807) is 20.8 Å². The van der Waals surface area contributed by atoms with E-state index in [1.807, 2.05) is 0 Å². The smallest absolute Gasteiger partial charge is 0.251 e. The lowest BCUT2D eigenvalue weighted by Gasteiger charge is -2.17. The molecule has 1 aromatic rings. The van der Waals surface area contributed by atoms with Gasteiger partial charge in [0.2, 0.25) is 10.0 Å². The van der Waals surface area contributed by atoms with Gasteiger partial charge in [-0.3, -0.25) is 4.79 Å². The van der Waals surface area contributed by atoms with Gasteiger partial charge in [-0.1, -0.05) is 6.92 Å². The van der Waals surface area contributed by atoms with Gasteiger partial charge in [-0.2, -0.15) is 0 Å². The summed E-state index contributed by atoms with van der Waals surface area (Å²) in [7, 11) is -3.51. The standard InChI is InChI=1S/C13H20N2O4S/c1-4-15-20(18,19)11-7-5-10(6-8-11)12(16)14-9-13(2,3)17/h5-8,15,17H,4,9H2,1-3H3,(H,14,16). The molecule has 0 aliphatic heterocycles. The SMILES string of the molecule is CCNS(=O)(=O)c1ccc(C(=O)NCC(C)(C)O)cc1. The van der Waals surface area contributed by atoms with Crippen LogP contribution in [0.15, 0.2) is 29.2 Å². The van der Waals surface area contributed by atoms with Gasteiger partial charge in [0.05, 0.1) is 10.5 Å². The van der Waals surface area contributed by atoms with Crippen molar-refractivity contribution in [3.63, 3.8) is 0 Å². The Morgan fingerprint density at radius 2 is 1.80 bits per heavy atom. The second-order valence-electron chi connectivity index (χ2n) is 5.02. The van der Waals surface area contributed by atoms with Crippen molar-refractivity contribution in [1.29, 1.82) is 0 Å². The second kappa shape index (κ2) is 6.34. The summed E-state index contributed by atoms with van der Waals surface area (Å²) in [6.07, 6.45) is 0. The highest BCUT2D eigenvalue weighted by Crippen LogP contribution is 2.10. The molecule has 0 aliphatic carbocycles. The third kappa shape index (κ3) is 4.92. The topological polar surface area (TPSA) is 95.5 Å². The van der Waals surface area contributed by atoms with Crippen LogP contribution in [0.2, 0.25) is 0 Å². The molecule has 0 unspecified atom stereocenters. The average Bonchev–Trinajstić information content (AvgIpc) is 2.35. The van der Waals surface area contributed by atoms with E-state index in [4.69, 9.17) is 0 Å². The van der Waals surface area contributed by atoms with Gasteiger partial charge in [-0.15, -0.1) is 0 Å². The Balaban J connectivity index is 2.79. The Bertz CT molecular complexity index is 559. The minimum atomic E-state index is -3.51. The highest BCUT2D eigenvalue weighted by molar-refractivity contribution is 7.89. The van der Waals surface area contributed by atoms with Gasteiger partial charge in [0, 0.05) is 18.7 Å². The van der Waals surface area contributed by atoms with Crippen LogP contribution in [0, 0.1) is 0 Å². The number of hydrogen-bond donors (Lipinski definition) is 3. The van der Waals surface area contributed by atoms with Crippen LogP contribution in [0.1, 0.15) is 31.1 Å². The van der Waals surface area contributed by atoms with Gasteiger partial charge >= 0.3 is 0 Å². The molecule has 112 valence electrons. The molecule has 0 aromatic heterocycles. The first-order valence-corrected chi connectivity index (χ1v) is 7.74. The monoisotopic (exact) mass is 300 g/mol. The largest absolute Gasteiger partial charge is 0.389 e. The summed E-state index contributed by atoms with van der Waals surface area (Å²) < 4.78 is 25.8. The fourth-order valence-electron chi connectivity index (χ4n) is 1.46. The molecule has 1 amide bonds. The molecule has 1 aromatic carbocycles. The molecule has 20 heavy (non-hydrogen) atoms. The van der Waals surface area contributed by atoms with Gasteiger partial charge in [0.1, 0.15) is 0 Å². The lowest BCUT2D eigenvalue weighted by Crippen LogP contribution is -2.38. The Kier molecular flexibility index (Phi) is 5.27. The van der Waals surface area contributed by atoms with Crippen LogP contribution in [0.5, 0.6) is 0 Å². The van der Waals surface area contributed by atoms with E-state index in [0.29, 0.717) is 12.1 Å². The second-order valence-corrected chi connectivity index (χ2v) is 6.79. The third-order valence-electron chi connectivity index (χ3n) is 2.44. The van der Waals surface area contributed by atoms with Crippen LogP contribution in [-0.4, -0.2) is 38.1 Å². The minimum absolute atomic E-state index is 0.110. The molecule has 3 N–H and O–H groups in total. The number of benzene rings is 1. The molecular formula is C13H20N2O4S. The summed E-state index contributed by atoms with van der Waals surface area (Å²) in [4.78, 5) is 11.9. The normalized spacial score (nSPS) is 12.2. The quantitative estimate of drug-likeness (QED) is 0.712. The van der Waals surface area contributed by atoms with Gasteiger partial charge in [0.15, 0.2) is 0 Å². The van der Waals surface area contributed by atoms with E-state index in [2.05, 4.69) is 10.0 Å². The van der Waals surface area contributed by atoms with E-state index >= 15 is 0 Å². The molecule has 0 radical (unpaired) electrons. The first-order chi connectivity index (χ1) is 9.15. The Labute approximate surface area is 119 Å². The van der Waals surface area contributed by atoms with Gasteiger partial charge in [-0.25, -0.2) is 13.1 Å². The zero-order chi connectivity index (χ0) is 15.4. The molecule has 7 heteroatoms. The summed E-state index contributed by atoms with van der Waals surface area (Å²) in [5, 5.41) is 12.1. The molecule has 0 atom stereocenters. The molecule has 0 spiro atoms. The van der Waals surface area contributed by atoms with Crippen LogP contribution in [0.4, 0.5) is 0 Å². The average molecular weight is 300 g/mol. The van der Waals surface area contributed by atoms with E-state index < -0.39 is 15.6 Å². The van der Waals surface area contributed by atoms with Crippen LogP contribution >= 0.6 is 0 Å². The number of amides is 1. The van der Waals surface area contributed by atoms with Crippen molar-refractivity contribution < 1.29 is 18.3 Å². The zero-order valence-electron chi connectivity index (χ0n) is 11.8. The van der Waals surface area contributed by atoms with Crippen molar-refractivity contribution in [3.05, 3.63) is 29.8 Å². The maximum absolute atomic E-state index is 11.8. The number of hydrogen-bond acceptors (Lipinski definition) is 4. The number of aliphatic hydroxyl groups is 1. The van der Waals surface area contributed by atoms with E-state index in [9.17, 15) is 18.3 Å². The van der Waals surface area contributed by atoms with Crippen molar-refractivity contribution in [2.24, 2.45) is 0 Å². The van der Waals surface area contributed by atoms with Crippen LogP contribution < -0.4 is 10.0 Å². The van der Waals surface area contributed by atoms with Crippen LogP contribution in [-0.2, 0) is 10.0 Å². The van der Waals surface area contributed by atoms with Gasteiger partial charge in [-0.05, 0) is 38.1 Å². The number of rotatable bonds is 6. The molecule has 0 aliphatic rings. The molecule has 0 heterocycles. The van der Waals surface area contributed by atoms with Crippen LogP contribution in [0.25, 0.3) is 0 Å². The first kappa shape index (κ1) is 16.6.